The Hall–Kier alpha value is -3.51. The van der Waals surface area contributed by atoms with Gasteiger partial charge in [-0.05, 0) is 50.2 Å². The van der Waals surface area contributed by atoms with Gasteiger partial charge in [0, 0.05) is 6.92 Å². The molecule has 0 amide bonds. The number of nitrogens with one attached hydrogen (secondary N) is 1. The molecule has 0 fully saturated rings. The van der Waals surface area contributed by atoms with Crippen molar-refractivity contribution in [2.45, 2.75) is 20.8 Å². The molecule has 0 bridgehead atoms. The highest BCUT2D eigenvalue weighted by atomic mass is 32.1. The zero-order valence-electron chi connectivity index (χ0n) is 17.1. The van der Waals surface area contributed by atoms with Crippen molar-refractivity contribution in [3.05, 3.63) is 89.5 Å². The standard InChI is InChI=1S/C8H8N2.C8H7NO.C8H7NS/c3*1-6-9-7-4-2-3-5-8(7)10-6/h2-5H,1H3,(H,9,10);2*2-5H,1H3. The van der Waals surface area contributed by atoms with Crippen molar-refractivity contribution in [3.63, 3.8) is 0 Å². The van der Waals surface area contributed by atoms with E-state index in [1.165, 1.54) is 4.70 Å². The fraction of sp³-hybridized carbons (Fsp3) is 0.125. The Morgan fingerprint density at radius 2 is 1.37 bits per heavy atom. The number of oxazole rings is 1. The zero-order chi connectivity index (χ0) is 20.9. The van der Waals surface area contributed by atoms with Crippen molar-refractivity contribution in [2.75, 3.05) is 0 Å². The number of benzene rings is 3. The Kier molecular flexibility index (Phi) is 5.86. The number of nitrogens with zero attached hydrogens (tertiary/aromatic N) is 3. The molecule has 0 atom stereocenters. The number of fused-ring (bicyclic) bond motifs is 3. The third-order valence-electron chi connectivity index (χ3n) is 4.31. The Morgan fingerprint density at radius 3 is 2.10 bits per heavy atom. The van der Waals surface area contributed by atoms with Crippen LogP contribution in [0, 0.1) is 20.8 Å². The molecular formula is C24H22N4OS. The number of thiazole rings is 1. The first-order valence-electron chi connectivity index (χ1n) is 9.64. The van der Waals surface area contributed by atoms with Crippen LogP contribution in [0.1, 0.15) is 16.7 Å². The predicted octanol–water partition coefficient (Wildman–Crippen LogP) is 6.61. The van der Waals surface area contributed by atoms with E-state index in [0.29, 0.717) is 0 Å². The van der Waals surface area contributed by atoms with Crippen molar-refractivity contribution in [1.29, 1.82) is 0 Å². The van der Waals surface area contributed by atoms with Crippen LogP contribution >= 0.6 is 11.3 Å². The van der Waals surface area contributed by atoms with Crippen LogP contribution in [0.15, 0.2) is 77.2 Å². The summed E-state index contributed by atoms with van der Waals surface area (Å²) in [5, 5.41) is 1.14. The number of aromatic amines is 1. The molecular weight excluding hydrogens is 392 g/mol. The summed E-state index contributed by atoms with van der Waals surface area (Å²) in [6.45, 7) is 5.84. The van der Waals surface area contributed by atoms with Gasteiger partial charge in [-0.3, -0.25) is 0 Å². The summed E-state index contributed by atoms with van der Waals surface area (Å²) in [7, 11) is 0. The largest absolute Gasteiger partial charge is 0.441 e. The fourth-order valence-electron chi connectivity index (χ4n) is 3.06. The summed E-state index contributed by atoms with van der Waals surface area (Å²) in [6.07, 6.45) is 0. The van der Waals surface area contributed by atoms with E-state index in [0.717, 1.165) is 44.4 Å². The first kappa shape index (κ1) is 19.8. The van der Waals surface area contributed by atoms with Crippen LogP contribution in [-0.2, 0) is 0 Å². The molecule has 5 nitrogen and oxygen atoms in total. The molecule has 0 aliphatic heterocycles. The van der Waals surface area contributed by atoms with Gasteiger partial charge >= 0.3 is 0 Å². The normalized spacial score (nSPS) is 10.5. The third kappa shape index (κ3) is 4.72. The summed E-state index contributed by atoms with van der Waals surface area (Å²) in [6, 6.07) is 23.9. The first-order chi connectivity index (χ1) is 14.6. The first-order valence-corrected chi connectivity index (χ1v) is 10.5. The molecule has 3 aromatic carbocycles. The number of aromatic nitrogens is 4. The molecule has 6 rings (SSSR count). The molecule has 3 aromatic heterocycles. The number of rotatable bonds is 0. The number of H-pyrrole nitrogens is 1. The molecule has 0 unspecified atom stereocenters. The highest BCUT2D eigenvalue weighted by Gasteiger charge is 1.97. The number of hydrogen-bond donors (Lipinski definition) is 1. The van der Waals surface area contributed by atoms with Crippen LogP contribution in [0.3, 0.4) is 0 Å². The lowest BCUT2D eigenvalue weighted by molar-refractivity contribution is 0.561. The summed E-state index contributed by atoms with van der Waals surface area (Å²) in [4.78, 5) is 15.9. The minimum Gasteiger partial charge on any atom is -0.441 e. The van der Waals surface area contributed by atoms with Gasteiger partial charge in [0.25, 0.3) is 0 Å². The summed E-state index contributed by atoms with van der Waals surface area (Å²) in [5.74, 6) is 1.70. The molecule has 150 valence electrons. The maximum Gasteiger partial charge on any atom is 0.192 e. The van der Waals surface area contributed by atoms with Gasteiger partial charge in [0.1, 0.15) is 11.3 Å². The van der Waals surface area contributed by atoms with Gasteiger partial charge < -0.3 is 9.40 Å². The van der Waals surface area contributed by atoms with E-state index in [-0.39, 0.29) is 0 Å². The summed E-state index contributed by atoms with van der Waals surface area (Å²) < 4.78 is 6.53. The lowest BCUT2D eigenvalue weighted by Gasteiger charge is -1.81. The van der Waals surface area contributed by atoms with E-state index < -0.39 is 0 Å². The molecule has 30 heavy (non-hydrogen) atoms. The second-order valence-electron chi connectivity index (χ2n) is 6.74. The van der Waals surface area contributed by atoms with Crippen molar-refractivity contribution in [1.82, 2.24) is 19.9 Å². The third-order valence-corrected chi connectivity index (χ3v) is 5.26. The lowest BCUT2D eigenvalue weighted by atomic mass is 10.3. The van der Waals surface area contributed by atoms with Gasteiger partial charge in [-0.2, -0.15) is 0 Å². The van der Waals surface area contributed by atoms with Crippen LogP contribution in [0.4, 0.5) is 0 Å². The molecule has 0 saturated heterocycles. The van der Waals surface area contributed by atoms with Crippen molar-refractivity contribution in [2.24, 2.45) is 0 Å². The molecule has 0 radical (unpaired) electrons. The van der Waals surface area contributed by atoms with Crippen molar-refractivity contribution in [3.8, 4) is 0 Å². The topological polar surface area (TPSA) is 67.6 Å². The average Bonchev–Trinajstić information content (AvgIpc) is 3.41. The molecule has 3 heterocycles. The quantitative estimate of drug-likeness (QED) is 0.303. The maximum atomic E-state index is 5.26. The van der Waals surface area contributed by atoms with Crippen LogP contribution < -0.4 is 0 Å². The van der Waals surface area contributed by atoms with Gasteiger partial charge in [-0.15, -0.1) is 11.3 Å². The second kappa shape index (κ2) is 8.88. The summed E-state index contributed by atoms with van der Waals surface area (Å²) >= 11 is 1.74. The van der Waals surface area contributed by atoms with Gasteiger partial charge in [0.05, 0.1) is 26.3 Å². The number of aryl methyl sites for hydroxylation is 3. The molecule has 6 heteroatoms. The molecule has 1 N–H and O–H groups in total. The van der Waals surface area contributed by atoms with Crippen LogP contribution in [0.2, 0.25) is 0 Å². The highest BCUT2D eigenvalue weighted by Crippen LogP contribution is 2.20. The van der Waals surface area contributed by atoms with Gasteiger partial charge in [-0.25, -0.2) is 15.0 Å². The molecule has 0 saturated carbocycles. The summed E-state index contributed by atoms with van der Waals surface area (Å²) in [5.41, 5.74) is 5.06. The van der Waals surface area contributed by atoms with Crippen molar-refractivity contribution < 1.29 is 4.42 Å². The van der Waals surface area contributed by atoms with E-state index in [1.54, 1.807) is 11.3 Å². The number of para-hydroxylation sites is 5. The highest BCUT2D eigenvalue weighted by molar-refractivity contribution is 7.18. The zero-order valence-corrected chi connectivity index (χ0v) is 17.9. The lowest BCUT2D eigenvalue weighted by Crippen LogP contribution is -1.68. The number of hydrogen-bond acceptors (Lipinski definition) is 5. The second-order valence-corrected chi connectivity index (χ2v) is 7.98. The molecule has 0 aliphatic rings. The van der Waals surface area contributed by atoms with Crippen LogP contribution in [0.25, 0.3) is 32.3 Å². The van der Waals surface area contributed by atoms with E-state index in [9.17, 15) is 0 Å². The van der Waals surface area contributed by atoms with E-state index in [2.05, 4.69) is 26.0 Å². The number of imidazole rings is 1. The maximum absolute atomic E-state index is 5.26. The SMILES string of the molecule is Cc1nc2ccccc2[nH]1.Cc1nc2ccccc2o1.Cc1nc2ccccc2s1. The Labute approximate surface area is 178 Å². The Morgan fingerprint density at radius 1 is 0.700 bits per heavy atom. The van der Waals surface area contributed by atoms with E-state index >= 15 is 0 Å². The minimum atomic E-state index is 0.723. The van der Waals surface area contributed by atoms with Crippen molar-refractivity contribution >= 4 is 43.7 Å². The average molecular weight is 415 g/mol. The Balaban J connectivity index is 0.000000109. The van der Waals surface area contributed by atoms with Gasteiger partial charge in [0.15, 0.2) is 11.5 Å². The van der Waals surface area contributed by atoms with Gasteiger partial charge in [-0.1, -0.05) is 36.4 Å². The molecule has 0 aliphatic carbocycles. The molecule has 6 aromatic rings. The van der Waals surface area contributed by atoms with Gasteiger partial charge in [0.2, 0.25) is 0 Å². The predicted molar refractivity (Wildman–Crippen MR) is 124 cm³/mol. The minimum absolute atomic E-state index is 0.723. The van der Waals surface area contributed by atoms with Crippen LogP contribution in [0.5, 0.6) is 0 Å². The van der Waals surface area contributed by atoms with Crippen LogP contribution in [-0.4, -0.2) is 19.9 Å². The smallest absolute Gasteiger partial charge is 0.192 e. The molecule has 0 spiro atoms. The van der Waals surface area contributed by atoms with E-state index in [4.69, 9.17) is 4.42 Å². The Bertz CT molecular complexity index is 1130. The van der Waals surface area contributed by atoms with E-state index in [1.807, 2.05) is 87.5 Å². The fourth-order valence-corrected chi connectivity index (χ4v) is 3.88. The monoisotopic (exact) mass is 414 g/mol.